The molecule has 1 aromatic rings. The van der Waals surface area contributed by atoms with Gasteiger partial charge in [-0.1, -0.05) is 0 Å². The Morgan fingerprint density at radius 3 is 3.00 bits per heavy atom. The van der Waals surface area contributed by atoms with Crippen molar-refractivity contribution >= 4 is 15.9 Å². The molecular weight excluding hydrogens is 320 g/mol. The maximum absolute atomic E-state index is 6.03. The molecule has 110 valence electrons. The molecule has 2 aliphatic heterocycles. The van der Waals surface area contributed by atoms with E-state index in [0.29, 0.717) is 5.92 Å². The first-order valence-electron chi connectivity index (χ1n) is 7.23. The van der Waals surface area contributed by atoms with E-state index in [9.17, 15) is 0 Å². The van der Waals surface area contributed by atoms with Gasteiger partial charge in [0.25, 0.3) is 0 Å². The first-order chi connectivity index (χ1) is 9.72. The molecule has 3 atom stereocenters. The Morgan fingerprint density at radius 2 is 2.35 bits per heavy atom. The van der Waals surface area contributed by atoms with Crippen LogP contribution in [0.1, 0.15) is 31.0 Å². The predicted molar refractivity (Wildman–Crippen MR) is 80.6 cm³/mol. The zero-order valence-corrected chi connectivity index (χ0v) is 13.4. The van der Waals surface area contributed by atoms with E-state index in [1.54, 1.807) is 0 Å². The summed E-state index contributed by atoms with van der Waals surface area (Å²) in [6, 6.07) is 4.43. The van der Waals surface area contributed by atoms with Gasteiger partial charge in [-0.05, 0) is 53.9 Å². The van der Waals surface area contributed by atoms with Crippen molar-refractivity contribution in [1.29, 1.82) is 0 Å². The normalized spacial score (nSPS) is 31.6. The fraction of sp³-hybridized carbons (Fsp3) is 0.667. The van der Waals surface area contributed by atoms with Crippen molar-refractivity contribution in [2.24, 2.45) is 5.92 Å². The molecule has 0 saturated carbocycles. The molecule has 1 N–H and O–H groups in total. The van der Waals surface area contributed by atoms with Crippen LogP contribution in [0.4, 0.5) is 0 Å². The van der Waals surface area contributed by atoms with Crippen LogP contribution in [0.25, 0.3) is 0 Å². The van der Waals surface area contributed by atoms with Gasteiger partial charge in [-0.3, -0.25) is 4.98 Å². The molecule has 1 spiro atoms. The Labute approximate surface area is 128 Å². The van der Waals surface area contributed by atoms with Crippen molar-refractivity contribution in [3.8, 4) is 0 Å². The second-order valence-electron chi connectivity index (χ2n) is 5.75. The van der Waals surface area contributed by atoms with Gasteiger partial charge in [0.15, 0.2) is 0 Å². The lowest BCUT2D eigenvalue weighted by molar-refractivity contribution is -0.103. The Balaban J connectivity index is 1.76. The van der Waals surface area contributed by atoms with Gasteiger partial charge < -0.3 is 14.8 Å². The number of hydrogen-bond acceptors (Lipinski definition) is 4. The van der Waals surface area contributed by atoms with Gasteiger partial charge in [0.05, 0.1) is 23.9 Å². The average Bonchev–Trinajstić information content (AvgIpc) is 2.90. The minimum Gasteiger partial charge on any atom is -0.378 e. The zero-order valence-electron chi connectivity index (χ0n) is 11.8. The van der Waals surface area contributed by atoms with Crippen LogP contribution in [0.5, 0.6) is 0 Å². The molecule has 4 nitrogen and oxygen atoms in total. The van der Waals surface area contributed by atoms with Gasteiger partial charge in [-0.25, -0.2) is 0 Å². The van der Waals surface area contributed by atoms with Crippen LogP contribution >= 0.6 is 15.9 Å². The topological polar surface area (TPSA) is 43.4 Å². The molecule has 2 aliphatic rings. The van der Waals surface area contributed by atoms with Crippen LogP contribution in [-0.4, -0.2) is 37.5 Å². The fourth-order valence-electron chi connectivity index (χ4n) is 3.41. The Bertz CT molecular complexity index is 446. The second-order valence-corrected chi connectivity index (χ2v) is 6.67. The highest BCUT2D eigenvalue weighted by Crippen LogP contribution is 2.40. The number of hydrogen-bond donors (Lipinski definition) is 1. The van der Waals surface area contributed by atoms with Crippen molar-refractivity contribution in [3.63, 3.8) is 0 Å². The molecule has 0 bridgehead atoms. The quantitative estimate of drug-likeness (QED) is 0.918. The summed E-state index contributed by atoms with van der Waals surface area (Å²) in [6.07, 6.45) is 5.02. The van der Waals surface area contributed by atoms with Crippen LogP contribution in [0.3, 0.4) is 0 Å². The van der Waals surface area contributed by atoms with Gasteiger partial charge in [-0.15, -0.1) is 0 Å². The number of nitrogens with zero attached hydrogens (tertiary/aromatic N) is 1. The summed E-state index contributed by atoms with van der Waals surface area (Å²) >= 11 is 3.44. The Kier molecular flexibility index (Phi) is 4.40. The van der Waals surface area contributed by atoms with Crippen LogP contribution in [-0.2, 0) is 9.47 Å². The maximum atomic E-state index is 6.03. The smallest absolute Gasteiger partial charge is 0.0940 e. The van der Waals surface area contributed by atoms with E-state index in [1.807, 2.05) is 13.2 Å². The molecule has 0 aromatic carbocycles. The van der Waals surface area contributed by atoms with Gasteiger partial charge >= 0.3 is 0 Å². The van der Waals surface area contributed by atoms with Crippen molar-refractivity contribution in [1.82, 2.24) is 10.3 Å². The standard InChI is InChI=1S/C15H21BrN2O2/c1-17-14(13-3-2-12(16)9-18-13)11-4-6-20-15(8-11)5-7-19-10-15/h2-3,9,11,14,17H,4-8,10H2,1H3. The monoisotopic (exact) mass is 340 g/mol. The fourth-order valence-corrected chi connectivity index (χ4v) is 3.64. The Hall–Kier alpha value is -0.490. The van der Waals surface area contributed by atoms with Crippen molar-refractivity contribution < 1.29 is 9.47 Å². The molecule has 3 heterocycles. The first-order valence-corrected chi connectivity index (χ1v) is 8.02. The number of nitrogens with one attached hydrogen (secondary N) is 1. The predicted octanol–water partition coefficient (Wildman–Crippen LogP) is 2.69. The minimum absolute atomic E-state index is 0.0482. The van der Waals surface area contributed by atoms with Crippen LogP contribution in [0.2, 0.25) is 0 Å². The minimum atomic E-state index is -0.0482. The highest BCUT2D eigenvalue weighted by Gasteiger charge is 2.43. The highest BCUT2D eigenvalue weighted by atomic mass is 79.9. The van der Waals surface area contributed by atoms with E-state index >= 15 is 0 Å². The average molecular weight is 341 g/mol. The van der Waals surface area contributed by atoms with E-state index in [2.05, 4.69) is 38.4 Å². The molecule has 0 aliphatic carbocycles. The zero-order chi connectivity index (χ0) is 14.0. The maximum Gasteiger partial charge on any atom is 0.0940 e. The third kappa shape index (κ3) is 2.91. The third-order valence-electron chi connectivity index (χ3n) is 4.45. The van der Waals surface area contributed by atoms with Crippen LogP contribution < -0.4 is 5.32 Å². The second kappa shape index (κ2) is 6.10. The highest BCUT2D eigenvalue weighted by molar-refractivity contribution is 9.10. The molecule has 3 unspecified atom stereocenters. The van der Waals surface area contributed by atoms with Crippen LogP contribution in [0, 0.1) is 5.92 Å². The van der Waals surface area contributed by atoms with Gasteiger partial charge in [0.1, 0.15) is 0 Å². The lowest BCUT2D eigenvalue weighted by Crippen LogP contribution is -2.43. The number of ether oxygens (including phenoxy) is 2. The van der Waals surface area contributed by atoms with Gasteiger partial charge in [-0.2, -0.15) is 0 Å². The summed E-state index contributed by atoms with van der Waals surface area (Å²) in [5.41, 5.74) is 1.06. The largest absolute Gasteiger partial charge is 0.378 e. The molecule has 5 heteroatoms. The van der Waals surface area contributed by atoms with E-state index in [4.69, 9.17) is 9.47 Å². The molecule has 0 radical (unpaired) electrons. The molecule has 1 aromatic heterocycles. The number of rotatable bonds is 3. The molecule has 2 fully saturated rings. The SMILES string of the molecule is CNC(c1ccc(Br)cn1)C1CCOC2(CCOC2)C1. The summed E-state index contributed by atoms with van der Waals surface area (Å²) in [6.45, 7) is 2.39. The lowest BCUT2D eigenvalue weighted by atomic mass is 9.80. The lowest BCUT2D eigenvalue weighted by Gasteiger charge is -2.40. The molecule has 20 heavy (non-hydrogen) atoms. The summed E-state index contributed by atoms with van der Waals surface area (Å²) < 4.78 is 12.6. The molecule has 2 saturated heterocycles. The third-order valence-corrected chi connectivity index (χ3v) is 4.92. The first kappa shape index (κ1) is 14.4. The molecule has 0 amide bonds. The van der Waals surface area contributed by atoms with E-state index in [-0.39, 0.29) is 11.6 Å². The number of halogens is 1. The van der Waals surface area contributed by atoms with Crippen molar-refractivity contribution in [2.45, 2.75) is 30.9 Å². The summed E-state index contributed by atoms with van der Waals surface area (Å²) in [7, 11) is 2.02. The molecule has 3 rings (SSSR count). The van der Waals surface area contributed by atoms with E-state index in [0.717, 1.165) is 49.2 Å². The van der Waals surface area contributed by atoms with Crippen molar-refractivity contribution in [2.75, 3.05) is 26.9 Å². The molecular formula is C15H21BrN2O2. The Morgan fingerprint density at radius 1 is 1.45 bits per heavy atom. The summed E-state index contributed by atoms with van der Waals surface area (Å²) in [4.78, 5) is 4.56. The van der Waals surface area contributed by atoms with Crippen LogP contribution in [0.15, 0.2) is 22.8 Å². The van der Waals surface area contributed by atoms with E-state index in [1.165, 1.54) is 0 Å². The number of aromatic nitrogens is 1. The van der Waals surface area contributed by atoms with Crippen molar-refractivity contribution in [3.05, 3.63) is 28.5 Å². The summed E-state index contributed by atoms with van der Waals surface area (Å²) in [5.74, 6) is 0.545. The van der Waals surface area contributed by atoms with Gasteiger partial charge in [0, 0.05) is 30.3 Å². The summed E-state index contributed by atoms with van der Waals surface area (Å²) in [5, 5.41) is 3.44. The van der Waals surface area contributed by atoms with E-state index < -0.39 is 0 Å². The van der Waals surface area contributed by atoms with Gasteiger partial charge in [0.2, 0.25) is 0 Å². The number of pyridine rings is 1.